The number of imidazole rings is 1. The fourth-order valence-electron chi connectivity index (χ4n) is 3.65. The number of likely N-dealkylation sites (tertiary alicyclic amines) is 1. The highest BCUT2D eigenvalue weighted by Gasteiger charge is 2.39. The van der Waals surface area contributed by atoms with Crippen molar-refractivity contribution < 1.29 is 39.3 Å². The number of aliphatic carboxylic acids is 2. The number of nitrogens with zero attached hydrogens (tertiary/aromatic N) is 2. The van der Waals surface area contributed by atoms with Crippen molar-refractivity contribution in [3.05, 3.63) is 18.2 Å². The van der Waals surface area contributed by atoms with Gasteiger partial charge in [0.25, 0.3) is 0 Å². The van der Waals surface area contributed by atoms with E-state index in [1.54, 1.807) is 0 Å². The number of rotatable bonds is 12. The Bertz CT molecular complexity index is 890. The molecule has 0 spiro atoms. The summed E-state index contributed by atoms with van der Waals surface area (Å²) in [7, 11) is 0. The Balaban J connectivity index is 2.16. The summed E-state index contributed by atoms with van der Waals surface area (Å²) in [6.45, 7) is 1.42. The van der Waals surface area contributed by atoms with Crippen LogP contribution in [0.5, 0.6) is 0 Å². The van der Waals surface area contributed by atoms with Gasteiger partial charge < -0.3 is 41.6 Å². The lowest BCUT2D eigenvalue weighted by Gasteiger charge is -2.30. The molecule has 0 saturated carbocycles. The van der Waals surface area contributed by atoms with Gasteiger partial charge in [0, 0.05) is 31.3 Å². The van der Waals surface area contributed by atoms with Gasteiger partial charge in [0.15, 0.2) is 6.04 Å². The molecule has 0 aromatic carbocycles. The molecular formula is C20H30N6O8. The van der Waals surface area contributed by atoms with E-state index in [1.165, 1.54) is 24.3 Å². The van der Waals surface area contributed by atoms with E-state index < -0.39 is 59.9 Å². The van der Waals surface area contributed by atoms with E-state index in [1.807, 2.05) is 0 Å². The van der Waals surface area contributed by atoms with Crippen LogP contribution >= 0.6 is 0 Å². The third-order valence-corrected chi connectivity index (χ3v) is 5.48. The number of aliphatic hydroxyl groups is 1. The molecule has 2 rings (SSSR count). The summed E-state index contributed by atoms with van der Waals surface area (Å²) in [5.74, 6) is -4.58. The monoisotopic (exact) mass is 482 g/mol. The largest absolute Gasteiger partial charge is 0.481 e. The van der Waals surface area contributed by atoms with Crippen LogP contribution < -0.4 is 16.4 Å². The number of amides is 3. The maximum Gasteiger partial charge on any atom is 0.328 e. The van der Waals surface area contributed by atoms with Crippen molar-refractivity contribution in [2.24, 2.45) is 5.73 Å². The van der Waals surface area contributed by atoms with Gasteiger partial charge in [-0.25, -0.2) is 9.78 Å². The molecule has 1 aliphatic rings. The molecule has 5 atom stereocenters. The van der Waals surface area contributed by atoms with Gasteiger partial charge in [-0.2, -0.15) is 0 Å². The molecule has 8 N–H and O–H groups in total. The molecule has 1 aromatic rings. The van der Waals surface area contributed by atoms with Gasteiger partial charge in [0.2, 0.25) is 17.7 Å². The van der Waals surface area contributed by atoms with Crippen molar-refractivity contribution in [3.63, 3.8) is 0 Å². The molecule has 1 saturated heterocycles. The lowest BCUT2D eigenvalue weighted by atomic mass is 10.1. The van der Waals surface area contributed by atoms with Crippen LogP contribution in [0.1, 0.15) is 38.3 Å². The minimum absolute atomic E-state index is 0.00644. The minimum Gasteiger partial charge on any atom is -0.481 e. The molecule has 14 heteroatoms. The maximum atomic E-state index is 13.4. The van der Waals surface area contributed by atoms with E-state index in [0.29, 0.717) is 12.1 Å². The zero-order valence-electron chi connectivity index (χ0n) is 18.6. The Morgan fingerprint density at radius 2 is 1.97 bits per heavy atom. The van der Waals surface area contributed by atoms with Crippen LogP contribution in [-0.4, -0.2) is 96.7 Å². The Hall–Kier alpha value is -3.52. The third-order valence-electron chi connectivity index (χ3n) is 5.48. The number of aliphatic hydroxyl groups excluding tert-OH is 1. The van der Waals surface area contributed by atoms with Crippen molar-refractivity contribution in [2.45, 2.75) is 69.3 Å². The third kappa shape index (κ3) is 7.25. The number of hydrogen-bond donors (Lipinski definition) is 7. The zero-order valence-corrected chi connectivity index (χ0v) is 18.6. The topological polar surface area (TPSA) is 228 Å². The average molecular weight is 482 g/mol. The molecule has 1 aliphatic heterocycles. The molecule has 0 aliphatic carbocycles. The standard InChI is InChI=1S/C20H30N6O8/c1-10(27)16(20(33)34)25-18(31)14-3-2-6-26(14)19(32)13(7-11-8-22-9-23-11)24-17(30)12(21)4-5-15(28)29/h8-10,12-14,16,27H,2-7,21H2,1H3,(H,22,23)(H,24,30)(H,25,31)(H,28,29)(H,33,34). The normalized spacial score (nSPS) is 19.0. The Labute approximate surface area is 194 Å². The van der Waals surface area contributed by atoms with Gasteiger partial charge in [-0.15, -0.1) is 0 Å². The number of nitrogens with two attached hydrogens (primary N) is 1. The summed E-state index contributed by atoms with van der Waals surface area (Å²) in [5, 5.41) is 32.4. The Kier molecular flexibility index (Phi) is 9.50. The number of carboxylic acids is 2. The fraction of sp³-hybridized carbons (Fsp3) is 0.600. The summed E-state index contributed by atoms with van der Waals surface area (Å²) in [4.78, 5) is 68.6. The molecule has 1 aromatic heterocycles. The first-order chi connectivity index (χ1) is 16.0. The highest BCUT2D eigenvalue weighted by Crippen LogP contribution is 2.20. The number of carboxylic acid groups (broad SMARTS) is 2. The van der Waals surface area contributed by atoms with Gasteiger partial charge in [-0.05, 0) is 26.2 Å². The second-order valence-electron chi connectivity index (χ2n) is 8.14. The fourth-order valence-corrected chi connectivity index (χ4v) is 3.65. The van der Waals surface area contributed by atoms with Crippen molar-refractivity contribution in [1.29, 1.82) is 0 Å². The van der Waals surface area contributed by atoms with E-state index >= 15 is 0 Å². The zero-order chi connectivity index (χ0) is 25.4. The number of aromatic amines is 1. The van der Waals surface area contributed by atoms with Crippen molar-refractivity contribution in [3.8, 4) is 0 Å². The molecule has 14 nitrogen and oxygen atoms in total. The van der Waals surface area contributed by atoms with Gasteiger partial charge >= 0.3 is 11.9 Å². The van der Waals surface area contributed by atoms with Crippen LogP contribution in [0.4, 0.5) is 0 Å². The number of carbonyl (C=O) groups excluding carboxylic acids is 3. The number of nitrogens with one attached hydrogen (secondary N) is 3. The van der Waals surface area contributed by atoms with Crippen LogP contribution in [0.25, 0.3) is 0 Å². The number of hydrogen-bond acceptors (Lipinski definition) is 8. The van der Waals surface area contributed by atoms with Crippen LogP contribution in [-0.2, 0) is 30.4 Å². The summed E-state index contributed by atoms with van der Waals surface area (Å²) < 4.78 is 0. The lowest BCUT2D eigenvalue weighted by Crippen LogP contribution is -2.58. The van der Waals surface area contributed by atoms with Gasteiger partial charge in [0.1, 0.15) is 12.1 Å². The van der Waals surface area contributed by atoms with Crippen molar-refractivity contribution in [1.82, 2.24) is 25.5 Å². The first-order valence-corrected chi connectivity index (χ1v) is 10.8. The van der Waals surface area contributed by atoms with Crippen LogP contribution in [0, 0.1) is 0 Å². The summed E-state index contributed by atoms with van der Waals surface area (Å²) in [6.07, 6.45) is 1.80. The first kappa shape index (κ1) is 26.7. The van der Waals surface area contributed by atoms with Crippen LogP contribution in [0.15, 0.2) is 12.5 Å². The second kappa shape index (κ2) is 12.1. The molecule has 188 valence electrons. The smallest absolute Gasteiger partial charge is 0.328 e. The molecule has 5 unspecified atom stereocenters. The van der Waals surface area contributed by atoms with Gasteiger partial charge in [-0.1, -0.05) is 0 Å². The Morgan fingerprint density at radius 3 is 2.53 bits per heavy atom. The molecule has 34 heavy (non-hydrogen) atoms. The number of H-pyrrole nitrogens is 1. The van der Waals surface area contributed by atoms with Gasteiger partial charge in [0.05, 0.1) is 18.5 Å². The number of aromatic nitrogens is 2. The number of carbonyl (C=O) groups is 5. The van der Waals surface area contributed by atoms with Crippen molar-refractivity contribution in [2.75, 3.05) is 6.54 Å². The van der Waals surface area contributed by atoms with E-state index in [0.717, 1.165) is 0 Å². The van der Waals surface area contributed by atoms with E-state index in [9.17, 15) is 34.2 Å². The van der Waals surface area contributed by atoms with E-state index in [4.69, 9.17) is 10.8 Å². The SMILES string of the molecule is CC(O)C(NC(=O)C1CCCN1C(=O)C(Cc1cnc[nH]1)NC(=O)C(N)CCC(=O)O)C(=O)O. The maximum absolute atomic E-state index is 13.4. The van der Waals surface area contributed by atoms with Crippen LogP contribution in [0.3, 0.4) is 0 Å². The first-order valence-electron chi connectivity index (χ1n) is 10.8. The predicted octanol–water partition coefficient (Wildman–Crippen LogP) is -2.43. The quantitative estimate of drug-likeness (QED) is 0.166. The lowest BCUT2D eigenvalue weighted by molar-refractivity contribution is -0.147. The molecule has 1 fully saturated rings. The van der Waals surface area contributed by atoms with Gasteiger partial charge in [-0.3, -0.25) is 19.2 Å². The molecule has 3 amide bonds. The average Bonchev–Trinajstić information content (AvgIpc) is 3.46. The second-order valence-corrected chi connectivity index (χ2v) is 8.14. The van der Waals surface area contributed by atoms with Crippen molar-refractivity contribution >= 4 is 29.7 Å². The predicted molar refractivity (Wildman–Crippen MR) is 115 cm³/mol. The summed E-state index contributed by atoms with van der Waals surface area (Å²) in [5.41, 5.74) is 6.29. The van der Waals surface area contributed by atoms with E-state index in [-0.39, 0.29) is 32.2 Å². The summed E-state index contributed by atoms with van der Waals surface area (Å²) in [6, 6.07) is -4.83. The van der Waals surface area contributed by atoms with E-state index in [2.05, 4.69) is 20.6 Å². The highest BCUT2D eigenvalue weighted by atomic mass is 16.4. The summed E-state index contributed by atoms with van der Waals surface area (Å²) >= 11 is 0. The minimum atomic E-state index is -1.54. The van der Waals surface area contributed by atoms with Crippen LogP contribution in [0.2, 0.25) is 0 Å². The molecule has 0 radical (unpaired) electrons. The molecule has 0 bridgehead atoms. The molecule has 2 heterocycles. The Morgan fingerprint density at radius 1 is 1.26 bits per heavy atom. The highest BCUT2D eigenvalue weighted by molar-refractivity contribution is 5.94. The molecular weight excluding hydrogens is 452 g/mol.